The first kappa shape index (κ1) is 14.0. The lowest BCUT2D eigenvalue weighted by molar-refractivity contribution is 0.566. The third-order valence-corrected chi connectivity index (χ3v) is 4.01. The van der Waals surface area contributed by atoms with Crippen molar-refractivity contribution in [1.29, 1.82) is 0 Å². The van der Waals surface area contributed by atoms with E-state index in [1.807, 2.05) is 12.1 Å². The molecule has 0 aromatic heterocycles. The number of hydrogen-bond donors (Lipinski definition) is 1. The smallest absolute Gasteiger partial charge is 0.126 e. The highest BCUT2D eigenvalue weighted by molar-refractivity contribution is 5.57. The number of hydrogen-bond acceptors (Lipinski definition) is 2. The van der Waals surface area contributed by atoms with Gasteiger partial charge in [0, 0.05) is 30.9 Å². The average Bonchev–Trinajstić information content (AvgIpc) is 2.87. The zero-order chi connectivity index (χ0) is 14.8. The van der Waals surface area contributed by atoms with Crippen LogP contribution in [-0.2, 0) is 6.42 Å². The first-order valence-electron chi connectivity index (χ1n) is 7.18. The van der Waals surface area contributed by atoms with Crippen molar-refractivity contribution in [2.24, 2.45) is 5.73 Å². The van der Waals surface area contributed by atoms with Crippen LogP contribution in [0.1, 0.15) is 23.6 Å². The molecule has 110 valence electrons. The van der Waals surface area contributed by atoms with Gasteiger partial charge in [0.1, 0.15) is 11.6 Å². The molecule has 0 fully saturated rings. The summed E-state index contributed by atoms with van der Waals surface area (Å²) in [5.41, 5.74) is 9.18. The molecule has 0 radical (unpaired) electrons. The summed E-state index contributed by atoms with van der Waals surface area (Å²) in [5, 5.41) is 0. The van der Waals surface area contributed by atoms with Crippen molar-refractivity contribution in [3.63, 3.8) is 0 Å². The molecule has 1 aliphatic rings. The number of rotatable bonds is 4. The van der Waals surface area contributed by atoms with Gasteiger partial charge in [0.05, 0.1) is 0 Å². The molecule has 21 heavy (non-hydrogen) atoms. The second kappa shape index (κ2) is 5.82. The van der Waals surface area contributed by atoms with Gasteiger partial charge < -0.3 is 10.6 Å². The maximum atomic E-state index is 13.2. The Balaban J connectivity index is 1.65. The van der Waals surface area contributed by atoms with Gasteiger partial charge in [-0.1, -0.05) is 18.2 Å². The predicted octanol–water partition coefficient (Wildman–Crippen LogP) is 3.42. The Kier molecular flexibility index (Phi) is 3.88. The fourth-order valence-corrected chi connectivity index (χ4v) is 2.89. The number of nitrogens with zero attached hydrogens (tertiary/aromatic N) is 1. The fourth-order valence-electron chi connectivity index (χ4n) is 2.89. The van der Waals surface area contributed by atoms with E-state index in [0.29, 0.717) is 12.0 Å². The van der Waals surface area contributed by atoms with E-state index in [4.69, 9.17) is 5.73 Å². The molecule has 1 atom stereocenters. The summed E-state index contributed by atoms with van der Waals surface area (Å²) >= 11 is 0. The van der Waals surface area contributed by atoms with Gasteiger partial charge in [0.15, 0.2) is 0 Å². The molecule has 4 heteroatoms. The van der Waals surface area contributed by atoms with E-state index < -0.39 is 11.6 Å². The summed E-state index contributed by atoms with van der Waals surface area (Å²) in [7, 11) is 0. The first-order valence-corrected chi connectivity index (χ1v) is 7.18. The summed E-state index contributed by atoms with van der Waals surface area (Å²) in [6.07, 6.45) is 1.71. The van der Waals surface area contributed by atoms with Gasteiger partial charge in [-0.2, -0.15) is 0 Å². The molecule has 1 unspecified atom stereocenters. The summed E-state index contributed by atoms with van der Waals surface area (Å²) in [6.45, 7) is 1.76. The van der Waals surface area contributed by atoms with Crippen molar-refractivity contribution < 1.29 is 8.78 Å². The molecule has 2 aromatic carbocycles. The first-order chi connectivity index (χ1) is 10.1. The van der Waals surface area contributed by atoms with Crippen molar-refractivity contribution >= 4 is 5.69 Å². The Labute approximate surface area is 123 Å². The second-order valence-electron chi connectivity index (χ2n) is 5.46. The molecule has 0 spiro atoms. The number of fused-ring (bicyclic) bond motifs is 1. The third kappa shape index (κ3) is 3.05. The van der Waals surface area contributed by atoms with E-state index in [9.17, 15) is 8.78 Å². The largest absolute Gasteiger partial charge is 0.371 e. The molecule has 0 saturated heterocycles. The molecule has 1 aliphatic heterocycles. The number of halogens is 2. The van der Waals surface area contributed by atoms with Crippen LogP contribution in [0.5, 0.6) is 0 Å². The monoisotopic (exact) mass is 288 g/mol. The highest BCUT2D eigenvalue weighted by Gasteiger charge is 2.19. The lowest BCUT2D eigenvalue weighted by Gasteiger charge is -2.22. The topological polar surface area (TPSA) is 29.3 Å². The van der Waals surface area contributed by atoms with Crippen molar-refractivity contribution in [3.8, 4) is 0 Å². The standard InChI is InChI=1S/C17H18F2N2/c18-14-9-13(10-15(19)11-14)16(20)6-8-21-7-5-12-3-1-2-4-17(12)21/h1-4,9-11,16H,5-8,20H2. The Hall–Kier alpha value is -1.94. The minimum Gasteiger partial charge on any atom is -0.371 e. The maximum absolute atomic E-state index is 13.2. The molecule has 2 N–H and O–H groups in total. The van der Waals surface area contributed by atoms with E-state index >= 15 is 0 Å². The summed E-state index contributed by atoms with van der Waals surface area (Å²) in [6, 6.07) is 11.4. The Morgan fingerprint density at radius 1 is 1.10 bits per heavy atom. The van der Waals surface area contributed by atoms with Crippen LogP contribution in [0.2, 0.25) is 0 Å². The molecule has 2 nitrogen and oxygen atoms in total. The number of benzene rings is 2. The SMILES string of the molecule is NC(CCN1CCc2ccccc21)c1cc(F)cc(F)c1. The molecular formula is C17H18F2N2. The Morgan fingerprint density at radius 2 is 1.81 bits per heavy atom. The van der Waals surface area contributed by atoms with Crippen LogP contribution >= 0.6 is 0 Å². The zero-order valence-corrected chi connectivity index (χ0v) is 11.7. The van der Waals surface area contributed by atoms with Gasteiger partial charge in [0.2, 0.25) is 0 Å². The van der Waals surface area contributed by atoms with Crippen LogP contribution in [-0.4, -0.2) is 13.1 Å². The molecule has 1 heterocycles. The second-order valence-corrected chi connectivity index (χ2v) is 5.46. The Morgan fingerprint density at radius 3 is 2.57 bits per heavy atom. The fraction of sp³-hybridized carbons (Fsp3) is 0.294. The van der Waals surface area contributed by atoms with E-state index in [1.54, 1.807) is 0 Å². The van der Waals surface area contributed by atoms with Crippen LogP contribution in [0.3, 0.4) is 0 Å². The average molecular weight is 288 g/mol. The third-order valence-electron chi connectivity index (χ3n) is 4.01. The van der Waals surface area contributed by atoms with Crippen molar-refractivity contribution in [2.75, 3.05) is 18.0 Å². The normalized spacial score (nSPS) is 15.1. The van der Waals surface area contributed by atoms with Crippen LogP contribution in [0.25, 0.3) is 0 Å². The molecular weight excluding hydrogens is 270 g/mol. The highest BCUT2D eigenvalue weighted by Crippen LogP contribution is 2.28. The van der Waals surface area contributed by atoms with Crippen molar-refractivity contribution in [3.05, 3.63) is 65.2 Å². The Bertz CT molecular complexity index is 622. The zero-order valence-electron chi connectivity index (χ0n) is 11.7. The van der Waals surface area contributed by atoms with Crippen molar-refractivity contribution in [2.45, 2.75) is 18.9 Å². The lowest BCUT2D eigenvalue weighted by atomic mass is 10.0. The van der Waals surface area contributed by atoms with Crippen LogP contribution in [0.4, 0.5) is 14.5 Å². The number of para-hydroxylation sites is 1. The van der Waals surface area contributed by atoms with Gasteiger partial charge >= 0.3 is 0 Å². The van der Waals surface area contributed by atoms with E-state index in [1.165, 1.54) is 23.4 Å². The molecule has 3 rings (SSSR count). The van der Waals surface area contributed by atoms with Gasteiger partial charge in [0.25, 0.3) is 0 Å². The van der Waals surface area contributed by atoms with Gasteiger partial charge in [-0.15, -0.1) is 0 Å². The summed E-state index contributed by atoms with van der Waals surface area (Å²) < 4.78 is 26.4. The maximum Gasteiger partial charge on any atom is 0.126 e. The van der Waals surface area contributed by atoms with Crippen LogP contribution in [0, 0.1) is 11.6 Å². The van der Waals surface area contributed by atoms with Crippen LogP contribution < -0.4 is 10.6 Å². The van der Waals surface area contributed by atoms with Crippen LogP contribution in [0.15, 0.2) is 42.5 Å². The van der Waals surface area contributed by atoms with Gasteiger partial charge in [-0.25, -0.2) is 8.78 Å². The van der Waals surface area contributed by atoms with E-state index in [-0.39, 0.29) is 6.04 Å². The summed E-state index contributed by atoms with van der Waals surface area (Å²) in [5.74, 6) is -1.15. The predicted molar refractivity (Wildman–Crippen MR) is 80.3 cm³/mol. The molecule has 0 amide bonds. The molecule has 0 saturated carbocycles. The number of anilines is 1. The quantitative estimate of drug-likeness (QED) is 0.934. The van der Waals surface area contributed by atoms with E-state index in [0.717, 1.165) is 25.6 Å². The van der Waals surface area contributed by atoms with Gasteiger partial charge in [-0.05, 0) is 42.2 Å². The minimum atomic E-state index is -0.577. The van der Waals surface area contributed by atoms with E-state index in [2.05, 4.69) is 17.0 Å². The van der Waals surface area contributed by atoms with Gasteiger partial charge in [-0.3, -0.25) is 0 Å². The molecule has 2 aromatic rings. The molecule has 0 aliphatic carbocycles. The molecule has 0 bridgehead atoms. The summed E-state index contributed by atoms with van der Waals surface area (Å²) in [4.78, 5) is 2.28. The highest BCUT2D eigenvalue weighted by atomic mass is 19.1. The lowest BCUT2D eigenvalue weighted by Crippen LogP contribution is -2.25. The minimum absolute atomic E-state index is 0.358. The van der Waals surface area contributed by atoms with Crippen molar-refractivity contribution in [1.82, 2.24) is 0 Å². The number of nitrogens with two attached hydrogens (primary N) is 1.